The molecule has 10 heteroatoms. The number of carbonyl (C=O) groups is 6. The van der Waals surface area contributed by atoms with E-state index in [4.69, 9.17) is 9.84 Å². The lowest BCUT2D eigenvalue weighted by Gasteiger charge is -2.13. The number of methoxy groups -OCH3 is 1. The third-order valence-corrected chi connectivity index (χ3v) is 3.08. The van der Waals surface area contributed by atoms with Crippen molar-refractivity contribution in [2.75, 3.05) is 13.7 Å². The first-order chi connectivity index (χ1) is 17.4. The fourth-order valence-electron chi connectivity index (χ4n) is 1.33. The molecular formula is C28H49NO9. The lowest BCUT2D eigenvalue weighted by Crippen LogP contribution is -2.12. The molecule has 0 aliphatic rings. The third-order valence-electron chi connectivity index (χ3n) is 3.08. The number of esters is 2. The molecule has 220 valence electrons. The molecular weight excluding hydrogens is 494 g/mol. The summed E-state index contributed by atoms with van der Waals surface area (Å²) in [6.07, 6.45) is 7.74. The van der Waals surface area contributed by atoms with Crippen molar-refractivity contribution in [1.82, 2.24) is 0 Å². The molecule has 38 heavy (non-hydrogen) atoms. The molecule has 0 aliphatic carbocycles. The summed E-state index contributed by atoms with van der Waals surface area (Å²) in [4.78, 5) is 58.6. The zero-order valence-electron chi connectivity index (χ0n) is 24.5. The monoisotopic (exact) mass is 543 g/mol. The van der Waals surface area contributed by atoms with Gasteiger partial charge >= 0.3 is 17.9 Å². The summed E-state index contributed by atoms with van der Waals surface area (Å²) in [7, 11) is 1.33. The minimum atomic E-state index is -0.981. The SMILES string of the molecule is C=C(C)C(=O)OC.C=CC(=O)O.C=CC(=O)OCC(CC)CCCC.C=CC(N)=O.CC(C)=O.CC(C)=O. The molecule has 1 atom stereocenters. The van der Waals surface area contributed by atoms with Gasteiger partial charge in [-0.15, -0.1) is 0 Å². The van der Waals surface area contributed by atoms with Crippen molar-refractivity contribution in [3.63, 3.8) is 0 Å². The number of carboxylic acids is 1. The summed E-state index contributed by atoms with van der Waals surface area (Å²) in [6, 6.07) is 0. The number of unbranched alkanes of at least 4 members (excludes halogenated alkanes) is 1. The van der Waals surface area contributed by atoms with Gasteiger partial charge in [0.05, 0.1) is 13.7 Å². The van der Waals surface area contributed by atoms with Crippen molar-refractivity contribution < 1.29 is 43.3 Å². The lowest BCUT2D eigenvalue weighted by atomic mass is 10.0. The zero-order chi connectivity index (χ0) is 31.7. The normalized spacial score (nSPS) is 8.63. The van der Waals surface area contributed by atoms with Gasteiger partial charge in [0, 0.05) is 17.7 Å². The first kappa shape index (κ1) is 47.4. The fraction of sp³-hybridized carbons (Fsp3) is 0.500. The number of carbonyl (C=O) groups excluding carboxylic acids is 5. The number of rotatable bonds is 10. The second kappa shape index (κ2) is 37.7. The van der Waals surface area contributed by atoms with Crippen LogP contribution >= 0.6 is 0 Å². The smallest absolute Gasteiger partial charge is 0.332 e. The van der Waals surface area contributed by atoms with Gasteiger partial charge in [-0.1, -0.05) is 59.4 Å². The van der Waals surface area contributed by atoms with Crippen LogP contribution in [0, 0.1) is 5.92 Å². The molecule has 0 spiro atoms. The second-order valence-electron chi connectivity index (χ2n) is 7.49. The largest absolute Gasteiger partial charge is 0.478 e. The summed E-state index contributed by atoms with van der Waals surface area (Å²) < 4.78 is 9.26. The number of carboxylic acid groups (broad SMARTS) is 1. The Morgan fingerprint density at radius 1 is 0.868 bits per heavy atom. The van der Waals surface area contributed by atoms with Gasteiger partial charge in [-0.25, -0.2) is 14.4 Å². The Bertz CT molecular complexity index is 688. The summed E-state index contributed by atoms with van der Waals surface area (Å²) in [5.74, 6) is -1.27. The Labute approximate surface area is 228 Å². The average Bonchev–Trinajstić information content (AvgIpc) is 2.83. The van der Waals surface area contributed by atoms with E-state index < -0.39 is 11.9 Å². The Kier molecular flexibility index (Phi) is 47.0. The number of amides is 1. The number of aliphatic carboxylic acids is 1. The molecule has 0 radical (unpaired) electrons. The quantitative estimate of drug-likeness (QED) is 0.291. The highest BCUT2D eigenvalue weighted by atomic mass is 16.5. The van der Waals surface area contributed by atoms with Crippen LogP contribution in [-0.2, 0) is 38.2 Å². The summed E-state index contributed by atoms with van der Waals surface area (Å²) in [6.45, 7) is 25.3. The highest BCUT2D eigenvalue weighted by Gasteiger charge is 2.07. The number of hydrogen-bond acceptors (Lipinski definition) is 8. The Balaban J connectivity index is -0.0000000874. The van der Waals surface area contributed by atoms with Crippen molar-refractivity contribution >= 4 is 35.4 Å². The maximum absolute atomic E-state index is 10.8. The van der Waals surface area contributed by atoms with Crippen molar-refractivity contribution in [3.8, 4) is 0 Å². The highest BCUT2D eigenvalue weighted by Crippen LogP contribution is 2.12. The highest BCUT2D eigenvalue weighted by molar-refractivity contribution is 5.86. The van der Waals surface area contributed by atoms with Crippen molar-refractivity contribution in [2.24, 2.45) is 11.7 Å². The number of ketones is 2. The van der Waals surface area contributed by atoms with E-state index in [0.717, 1.165) is 25.0 Å². The van der Waals surface area contributed by atoms with Gasteiger partial charge in [0.2, 0.25) is 5.91 Å². The van der Waals surface area contributed by atoms with Gasteiger partial charge in [0.1, 0.15) is 11.6 Å². The van der Waals surface area contributed by atoms with Crippen molar-refractivity contribution in [2.45, 2.75) is 74.1 Å². The number of hydrogen-bond donors (Lipinski definition) is 2. The maximum atomic E-state index is 10.8. The van der Waals surface area contributed by atoms with E-state index in [0.29, 0.717) is 18.1 Å². The summed E-state index contributed by atoms with van der Waals surface area (Å²) >= 11 is 0. The predicted octanol–water partition coefficient (Wildman–Crippen LogP) is 4.77. The van der Waals surface area contributed by atoms with Crippen molar-refractivity contribution in [3.05, 3.63) is 50.1 Å². The number of Topliss-reactive ketones (excluding diaryl/α,β-unsaturated/α-hetero) is 2. The third kappa shape index (κ3) is 85.0. The van der Waals surface area contributed by atoms with Crippen LogP contribution < -0.4 is 5.73 Å². The van der Waals surface area contributed by atoms with E-state index in [2.05, 4.69) is 50.6 Å². The molecule has 0 heterocycles. The van der Waals surface area contributed by atoms with Crippen LogP contribution in [0.2, 0.25) is 0 Å². The Morgan fingerprint density at radius 3 is 1.39 bits per heavy atom. The van der Waals surface area contributed by atoms with Gasteiger partial charge in [0.25, 0.3) is 0 Å². The second-order valence-corrected chi connectivity index (χ2v) is 7.49. The lowest BCUT2D eigenvalue weighted by molar-refractivity contribution is -0.139. The van der Waals surface area contributed by atoms with Crippen LogP contribution in [0.15, 0.2) is 50.1 Å². The number of primary amides is 1. The van der Waals surface area contributed by atoms with Gasteiger partial charge in [0.15, 0.2) is 0 Å². The molecule has 0 saturated carbocycles. The molecule has 0 aliphatic heterocycles. The molecule has 10 nitrogen and oxygen atoms in total. The molecule has 0 fully saturated rings. The zero-order valence-corrected chi connectivity index (χ0v) is 24.5. The van der Waals surface area contributed by atoms with Crippen LogP contribution in [0.4, 0.5) is 0 Å². The summed E-state index contributed by atoms with van der Waals surface area (Å²) in [5.41, 5.74) is 4.97. The van der Waals surface area contributed by atoms with Gasteiger partial charge in [-0.3, -0.25) is 4.79 Å². The number of nitrogens with two attached hydrogens (primary N) is 1. The van der Waals surface area contributed by atoms with E-state index >= 15 is 0 Å². The van der Waals surface area contributed by atoms with Gasteiger partial charge < -0.3 is 29.9 Å². The van der Waals surface area contributed by atoms with Crippen LogP contribution in [0.1, 0.15) is 74.1 Å². The topological polar surface area (TPSA) is 167 Å². The van der Waals surface area contributed by atoms with Gasteiger partial charge in [-0.2, -0.15) is 0 Å². The molecule has 1 amide bonds. The molecule has 0 aromatic heterocycles. The van der Waals surface area contributed by atoms with E-state index in [9.17, 15) is 28.8 Å². The number of ether oxygens (including phenoxy) is 2. The fourth-order valence-corrected chi connectivity index (χ4v) is 1.33. The Morgan fingerprint density at radius 2 is 1.24 bits per heavy atom. The average molecular weight is 544 g/mol. The first-order valence-corrected chi connectivity index (χ1v) is 11.7. The first-order valence-electron chi connectivity index (χ1n) is 11.7. The minimum Gasteiger partial charge on any atom is -0.478 e. The van der Waals surface area contributed by atoms with Crippen LogP contribution in [-0.4, -0.2) is 54.2 Å². The van der Waals surface area contributed by atoms with Crippen LogP contribution in [0.25, 0.3) is 0 Å². The maximum Gasteiger partial charge on any atom is 0.332 e. The molecule has 0 aromatic carbocycles. The van der Waals surface area contributed by atoms with Gasteiger partial charge in [-0.05, 0) is 53.0 Å². The van der Waals surface area contributed by atoms with E-state index in [1.54, 1.807) is 6.92 Å². The van der Waals surface area contributed by atoms with Crippen molar-refractivity contribution in [1.29, 1.82) is 0 Å². The molecule has 0 rings (SSSR count). The molecule has 0 bridgehead atoms. The van der Waals surface area contributed by atoms with Crippen LogP contribution in [0.3, 0.4) is 0 Å². The predicted molar refractivity (Wildman–Crippen MR) is 151 cm³/mol. The molecule has 0 aromatic rings. The molecule has 3 N–H and O–H groups in total. The van der Waals surface area contributed by atoms with E-state index in [1.165, 1.54) is 53.7 Å². The summed E-state index contributed by atoms with van der Waals surface area (Å²) in [5, 5.41) is 7.60. The molecule has 1 unspecified atom stereocenters. The van der Waals surface area contributed by atoms with E-state index in [1.807, 2.05) is 0 Å². The van der Waals surface area contributed by atoms with E-state index in [-0.39, 0.29) is 23.5 Å². The standard InChI is InChI=1S/C11H20O2.C5H8O2.C3H5NO.C3H4O2.2C3H6O/c1-4-7-8-10(5-2)9-13-11(12)6-3;1-4(2)5(6)7-3;2*1-2-3(4)5;2*1-3(2)4/h6,10H,3-5,7-9H2,1-2H3;1H2,2-3H3;2H,1H2,(H2,4,5);2H,1H2,(H,4,5);2*1-2H3. The Hall–Kier alpha value is -3.82. The molecule has 0 saturated heterocycles. The van der Waals surface area contributed by atoms with Crippen LogP contribution in [0.5, 0.6) is 0 Å². The minimum absolute atomic E-state index is 0.167.